The van der Waals surface area contributed by atoms with Crippen molar-refractivity contribution in [2.45, 2.75) is 26.5 Å². The molecule has 1 aromatic heterocycles. The van der Waals surface area contributed by atoms with Crippen molar-refractivity contribution >= 4 is 17.8 Å². The Hall–Kier alpha value is -1.25. The van der Waals surface area contributed by atoms with Crippen LogP contribution in [0.5, 0.6) is 0 Å². The molecule has 0 fully saturated rings. The molecule has 2 nitrogen and oxygen atoms in total. The van der Waals surface area contributed by atoms with Crippen molar-refractivity contribution in [3.8, 4) is 0 Å². The molecular weight excluding hydrogens is 171 g/mol. The minimum atomic E-state index is 0.537. The van der Waals surface area contributed by atoms with E-state index in [4.69, 9.17) is 0 Å². The van der Waals surface area contributed by atoms with Crippen LogP contribution >= 0.6 is 0 Å². The summed E-state index contributed by atoms with van der Waals surface area (Å²) < 4.78 is 2.15. The van der Waals surface area contributed by atoms with Gasteiger partial charge in [-0.1, -0.05) is 44.7 Å². The van der Waals surface area contributed by atoms with Crippen LogP contribution in [0.1, 0.15) is 13.8 Å². The lowest BCUT2D eigenvalue weighted by Gasteiger charge is -2.09. The smallest absolute Gasteiger partial charge is 0.283 e. The van der Waals surface area contributed by atoms with Crippen molar-refractivity contribution in [3.05, 3.63) is 30.5 Å². The van der Waals surface area contributed by atoms with Gasteiger partial charge in [0.05, 0.1) is 11.7 Å². The molecule has 2 aromatic rings. The lowest BCUT2D eigenvalue weighted by Crippen LogP contribution is -2.23. The van der Waals surface area contributed by atoms with Crippen LogP contribution in [0.25, 0.3) is 10.9 Å². The molecule has 0 aliphatic heterocycles. The lowest BCUT2D eigenvalue weighted by atomic mass is 9.57. The van der Waals surface area contributed by atoms with E-state index >= 15 is 0 Å². The summed E-state index contributed by atoms with van der Waals surface area (Å²) in [7, 11) is 0. The Morgan fingerprint density at radius 3 is 2.64 bits per heavy atom. The average Bonchev–Trinajstić information content (AvgIpc) is 2.65. The van der Waals surface area contributed by atoms with E-state index < -0.39 is 0 Å². The van der Waals surface area contributed by atoms with E-state index in [2.05, 4.69) is 47.8 Å². The quantitative estimate of drug-likeness (QED) is 0.673. The Balaban J connectivity index is 2.51. The highest BCUT2D eigenvalue weighted by Crippen LogP contribution is 2.15. The number of hydrogen-bond acceptors (Lipinski definition) is 1. The third-order valence-corrected chi connectivity index (χ3v) is 2.79. The predicted molar refractivity (Wildman–Crippen MR) is 61.8 cm³/mol. The Kier molecular flexibility index (Phi) is 2.57. The summed E-state index contributed by atoms with van der Waals surface area (Å²) >= 11 is 0. The maximum Gasteiger partial charge on any atom is 0.283 e. The van der Waals surface area contributed by atoms with Gasteiger partial charge in [0.2, 0.25) is 0 Å². The summed E-state index contributed by atoms with van der Waals surface area (Å²) in [6.45, 7) is 4.96. The Morgan fingerprint density at radius 2 is 1.93 bits per heavy atom. The van der Waals surface area contributed by atoms with Crippen LogP contribution < -0.4 is 0 Å². The molecule has 2 rings (SSSR count). The van der Waals surface area contributed by atoms with Crippen LogP contribution in [0.15, 0.2) is 30.5 Å². The second-order valence-electron chi connectivity index (χ2n) is 3.62. The molecule has 3 heteroatoms. The van der Waals surface area contributed by atoms with Gasteiger partial charge in [-0.25, -0.2) is 0 Å². The first kappa shape index (κ1) is 9.32. The summed E-state index contributed by atoms with van der Waals surface area (Å²) in [4.78, 5) is 0. The zero-order valence-electron chi connectivity index (χ0n) is 8.77. The fourth-order valence-corrected chi connectivity index (χ4v) is 1.92. The topological polar surface area (TPSA) is 17.8 Å². The summed E-state index contributed by atoms with van der Waals surface area (Å²) in [5.41, 5.74) is 1.25. The zero-order valence-corrected chi connectivity index (χ0v) is 8.77. The zero-order chi connectivity index (χ0) is 9.97. The van der Waals surface area contributed by atoms with Crippen molar-refractivity contribution in [1.29, 1.82) is 0 Å². The maximum absolute atomic E-state index is 4.45. The first-order valence-corrected chi connectivity index (χ1v) is 5.29. The number of para-hydroxylation sites is 1. The average molecular weight is 186 g/mol. The van der Waals surface area contributed by atoms with Gasteiger partial charge < -0.3 is 4.59 Å². The van der Waals surface area contributed by atoms with Crippen LogP contribution in [0, 0.1) is 0 Å². The molecule has 0 bridgehead atoms. The first-order valence-electron chi connectivity index (χ1n) is 5.29. The van der Waals surface area contributed by atoms with Gasteiger partial charge in [-0.05, 0) is 6.07 Å². The molecule has 0 aliphatic rings. The Morgan fingerprint density at radius 1 is 1.21 bits per heavy atom. The van der Waals surface area contributed by atoms with E-state index in [0.29, 0.717) is 6.85 Å². The summed E-state index contributed by atoms with van der Waals surface area (Å²) in [6, 6.07) is 8.38. The van der Waals surface area contributed by atoms with Crippen LogP contribution in [-0.4, -0.2) is 16.5 Å². The summed E-state index contributed by atoms with van der Waals surface area (Å²) in [6.07, 6.45) is 4.23. The van der Waals surface area contributed by atoms with E-state index in [9.17, 15) is 0 Å². The van der Waals surface area contributed by atoms with Gasteiger partial charge in [0.25, 0.3) is 6.85 Å². The second kappa shape index (κ2) is 3.87. The van der Waals surface area contributed by atoms with Crippen LogP contribution in [0.2, 0.25) is 12.6 Å². The van der Waals surface area contributed by atoms with E-state index in [1.165, 1.54) is 10.9 Å². The second-order valence-corrected chi connectivity index (χ2v) is 3.62. The molecule has 0 amide bonds. The van der Waals surface area contributed by atoms with Crippen molar-refractivity contribution < 1.29 is 0 Å². The van der Waals surface area contributed by atoms with Gasteiger partial charge in [-0.15, -0.1) is 0 Å². The van der Waals surface area contributed by atoms with E-state index in [1.807, 2.05) is 6.20 Å². The summed E-state index contributed by atoms with van der Waals surface area (Å²) in [5.74, 6) is 0. The van der Waals surface area contributed by atoms with Crippen molar-refractivity contribution in [1.82, 2.24) is 9.69 Å². The molecule has 1 aromatic carbocycles. The normalized spacial score (nSPS) is 10.7. The van der Waals surface area contributed by atoms with Crippen LogP contribution in [0.4, 0.5) is 0 Å². The fourth-order valence-electron chi connectivity index (χ4n) is 1.92. The van der Waals surface area contributed by atoms with Gasteiger partial charge in [0.1, 0.15) is 0 Å². The molecule has 0 radical (unpaired) electrons. The van der Waals surface area contributed by atoms with Crippen molar-refractivity contribution in [3.63, 3.8) is 0 Å². The third kappa shape index (κ3) is 1.43. The van der Waals surface area contributed by atoms with E-state index in [0.717, 1.165) is 12.6 Å². The molecule has 72 valence electrons. The van der Waals surface area contributed by atoms with Gasteiger partial charge in [0.15, 0.2) is 0 Å². The minimum Gasteiger partial charge on any atom is -0.311 e. The van der Waals surface area contributed by atoms with Crippen molar-refractivity contribution in [2.75, 3.05) is 0 Å². The Labute approximate surface area is 85.0 Å². The standard InChI is InChI=1S/C11H15BN2/c1-3-12(4-2)14-11-8-6-5-7-10(11)9-13-14/h5-9H,3-4H2,1-2H3. The third-order valence-electron chi connectivity index (χ3n) is 2.79. The molecule has 0 unspecified atom stereocenters. The number of fused-ring (bicyclic) bond motifs is 1. The molecule has 0 saturated heterocycles. The predicted octanol–water partition coefficient (Wildman–Crippen LogP) is 2.92. The number of aromatic nitrogens is 2. The molecule has 0 saturated carbocycles. The van der Waals surface area contributed by atoms with Crippen LogP contribution in [0.3, 0.4) is 0 Å². The molecule has 14 heavy (non-hydrogen) atoms. The van der Waals surface area contributed by atoms with Crippen LogP contribution in [-0.2, 0) is 0 Å². The lowest BCUT2D eigenvalue weighted by molar-refractivity contribution is 0.958. The SMILES string of the molecule is CCB(CC)n1ncc2ccccc21. The highest BCUT2D eigenvalue weighted by atomic mass is 15.2. The van der Waals surface area contributed by atoms with E-state index in [1.54, 1.807) is 0 Å². The number of rotatable bonds is 3. The molecule has 0 N–H and O–H groups in total. The number of benzene rings is 1. The fraction of sp³-hybridized carbons (Fsp3) is 0.364. The molecule has 0 spiro atoms. The van der Waals surface area contributed by atoms with Gasteiger partial charge in [-0.3, -0.25) is 0 Å². The minimum absolute atomic E-state index is 0.537. The van der Waals surface area contributed by atoms with Gasteiger partial charge >= 0.3 is 0 Å². The highest BCUT2D eigenvalue weighted by molar-refractivity contribution is 6.57. The first-order chi connectivity index (χ1) is 6.86. The molecule has 1 heterocycles. The van der Waals surface area contributed by atoms with Crippen molar-refractivity contribution in [2.24, 2.45) is 0 Å². The highest BCUT2D eigenvalue weighted by Gasteiger charge is 2.14. The number of hydrogen-bond donors (Lipinski definition) is 0. The molecule has 0 atom stereocenters. The molecular formula is C11H15BN2. The largest absolute Gasteiger partial charge is 0.311 e. The van der Waals surface area contributed by atoms with E-state index in [-0.39, 0.29) is 0 Å². The molecule has 0 aliphatic carbocycles. The van der Waals surface area contributed by atoms with Gasteiger partial charge in [-0.2, -0.15) is 5.10 Å². The maximum atomic E-state index is 4.45. The summed E-state index contributed by atoms with van der Waals surface area (Å²) in [5, 5.41) is 5.69. The number of nitrogens with zero attached hydrogens (tertiary/aromatic N) is 2. The van der Waals surface area contributed by atoms with Gasteiger partial charge in [0, 0.05) is 5.39 Å². The monoisotopic (exact) mass is 186 g/mol. The Bertz CT molecular complexity index is 418.